The number of aromatic nitrogens is 3. The Labute approximate surface area is 85.2 Å². The van der Waals surface area contributed by atoms with Gasteiger partial charge in [-0.1, -0.05) is 0 Å². The molecule has 0 unspecified atom stereocenters. The van der Waals surface area contributed by atoms with Gasteiger partial charge < -0.3 is 16.0 Å². The van der Waals surface area contributed by atoms with E-state index in [1.165, 1.54) is 6.20 Å². The highest BCUT2D eigenvalue weighted by atomic mass is 16.1. The lowest BCUT2D eigenvalue weighted by Crippen LogP contribution is -2.11. The molecule has 15 heavy (non-hydrogen) atoms. The van der Waals surface area contributed by atoms with Crippen LogP contribution in [0.1, 0.15) is 0 Å². The Balaban J connectivity index is 2.30. The minimum absolute atomic E-state index is 0.407. The molecule has 0 atom stereocenters. The van der Waals surface area contributed by atoms with Gasteiger partial charge in [0.25, 0.3) is 0 Å². The summed E-state index contributed by atoms with van der Waals surface area (Å²) in [5, 5.41) is 2.85. The van der Waals surface area contributed by atoms with E-state index in [0.29, 0.717) is 17.3 Å². The van der Waals surface area contributed by atoms with Crippen LogP contribution in [0, 0.1) is 0 Å². The molecule has 0 aromatic carbocycles. The molecular formula is C9H9N5O. The fraction of sp³-hybridized carbons (Fsp3) is 0. The summed E-state index contributed by atoms with van der Waals surface area (Å²) in [5.41, 5.74) is 5.75. The normalized spacial score (nSPS) is 9.87. The van der Waals surface area contributed by atoms with Crippen LogP contribution in [-0.4, -0.2) is 15.0 Å². The highest BCUT2D eigenvalue weighted by Gasteiger charge is 2.00. The lowest BCUT2D eigenvalue weighted by molar-refractivity contribution is 1.07. The van der Waals surface area contributed by atoms with E-state index in [0.717, 1.165) is 0 Å². The zero-order valence-electron chi connectivity index (χ0n) is 7.77. The van der Waals surface area contributed by atoms with Crippen molar-refractivity contribution in [3.8, 4) is 0 Å². The van der Waals surface area contributed by atoms with Crippen LogP contribution in [0.25, 0.3) is 0 Å². The van der Waals surface area contributed by atoms with Crippen molar-refractivity contribution in [1.82, 2.24) is 15.0 Å². The van der Waals surface area contributed by atoms with Gasteiger partial charge in [-0.3, -0.25) is 0 Å². The molecule has 2 rings (SSSR count). The van der Waals surface area contributed by atoms with E-state index in [1.54, 1.807) is 24.4 Å². The van der Waals surface area contributed by atoms with E-state index in [1.807, 2.05) is 0 Å². The first-order valence-corrected chi connectivity index (χ1v) is 4.29. The molecule has 0 bridgehead atoms. The maximum absolute atomic E-state index is 10.9. The number of aromatic amines is 1. The third-order valence-corrected chi connectivity index (χ3v) is 1.76. The van der Waals surface area contributed by atoms with Crippen LogP contribution in [0.2, 0.25) is 0 Å². The zero-order chi connectivity index (χ0) is 10.7. The Bertz CT molecular complexity index is 522. The van der Waals surface area contributed by atoms with Gasteiger partial charge in [-0.15, -0.1) is 0 Å². The summed E-state index contributed by atoms with van der Waals surface area (Å²) in [4.78, 5) is 21.0. The molecule has 0 saturated heterocycles. The van der Waals surface area contributed by atoms with Crippen LogP contribution in [0.4, 0.5) is 17.3 Å². The van der Waals surface area contributed by atoms with E-state index in [2.05, 4.69) is 20.3 Å². The van der Waals surface area contributed by atoms with Crippen molar-refractivity contribution in [1.29, 1.82) is 0 Å². The average molecular weight is 203 g/mol. The number of nitrogen functional groups attached to an aromatic ring is 1. The zero-order valence-corrected chi connectivity index (χ0v) is 7.77. The number of nitrogens with one attached hydrogen (secondary N) is 2. The van der Waals surface area contributed by atoms with E-state index in [9.17, 15) is 4.79 Å². The second kappa shape index (κ2) is 3.79. The van der Waals surface area contributed by atoms with Crippen molar-refractivity contribution < 1.29 is 0 Å². The van der Waals surface area contributed by atoms with Crippen molar-refractivity contribution >= 4 is 17.3 Å². The smallest absolute Gasteiger partial charge is 0.346 e. The van der Waals surface area contributed by atoms with Crippen LogP contribution in [0.5, 0.6) is 0 Å². The van der Waals surface area contributed by atoms with Gasteiger partial charge >= 0.3 is 5.69 Å². The summed E-state index contributed by atoms with van der Waals surface area (Å²) in [6.45, 7) is 0. The number of hydrogen-bond acceptors (Lipinski definition) is 5. The van der Waals surface area contributed by atoms with Gasteiger partial charge in [0.2, 0.25) is 0 Å². The Morgan fingerprint density at radius 2 is 2.27 bits per heavy atom. The van der Waals surface area contributed by atoms with E-state index in [-0.39, 0.29) is 0 Å². The summed E-state index contributed by atoms with van der Waals surface area (Å²) >= 11 is 0. The van der Waals surface area contributed by atoms with Crippen LogP contribution in [0.15, 0.2) is 35.4 Å². The predicted molar refractivity (Wildman–Crippen MR) is 56.8 cm³/mol. The van der Waals surface area contributed by atoms with Crippen LogP contribution < -0.4 is 16.7 Å². The topological polar surface area (TPSA) is 96.7 Å². The Morgan fingerprint density at radius 3 is 3.00 bits per heavy atom. The summed E-state index contributed by atoms with van der Waals surface area (Å²) in [6.07, 6.45) is 3.10. The predicted octanol–water partition coefficient (Wildman–Crippen LogP) is 0.491. The molecule has 0 spiro atoms. The molecule has 6 heteroatoms. The standard InChI is InChI=1S/C9H9N5O/c10-6-2-1-4-11-8(6)13-7-3-5-12-9(15)14-7/h1-5H,10H2,(H2,11,12,13,14,15). The molecule has 0 saturated carbocycles. The summed E-state index contributed by atoms with van der Waals surface area (Å²) in [5.74, 6) is 0.889. The highest BCUT2D eigenvalue weighted by Crippen LogP contribution is 2.16. The number of anilines is 3. The van der Waals surface area contributed by atoms with Gasteiger partial charge in [-0.05, 0) is 18.2 Å². The van der Waals surface area contributed by atoms with Crippen molar-refractivity contribution in [3.05, 3.63) is 41.1 Å². The molecule has 0 amide bonds. The van der Waals surface area contributed by atoms with Crippen molar-refractivity contribution in [2.75, 3.05) is 11.1 Å². The van der Waals surface area contributed by atoms with Gasteiger partial charge in [0, 0.05) is 12.4 Å². The number of rotatable bonds is 2. The average Bonchev–Trinajstić information content (AvgIpc) is 2.22. The fourth-order valence-corrected chi connectivity index (χ4v) is 1.08. The monoisotopic (exact) mass is 203 g/mol. The molecule has 0 aliphatic heterocycles. The number of nitrogens with two attached hydrogens (primary N) is 1. The van der Waals surface area contributed by atoms with Crippen LogP contribution >= 0.6 is 0 Å². The van der Waals surface area contributed by atoms with Gasteiger partial charge in [0.05, 0.1) is 5.69 Å². The number of H-pyrrole nitrogens is 1. The molecule has 4 N–H and O–H groups in total. The van der Waals surface area contributed by atoms with Crippen LogP contribution in [0.3, 0.4) is 0 Å². The Kier molecular flexibility index (Phi) is 2.32. The summed E-state index contributed by atoms with van der Waals surface area (Å²) < 4.78 is 0. The molecule has 0 fully saturated rings. The fourth-order valence-electron chi connectivity index (χ4n) is 1.08. The maximum Gasteiger partial charge on any atom is 0.346 e. The van der Waals surface area contributed by atoms with Crippen molar-refractivity contribution in [3.63, 3.8) is 0 Å². The van der Waals surface area contributed by atoms with Gasteiger partial charge in [-0.2, -0.15) is 4.98 Å². The van der Waals surface area contributed by atoms with Crippen molar-refractivity contribution in [2.24, 2.45) is 0 Å². The van der Waals surface area contributed by atoms with E-state index < -0.39 is 5.69 Å². The lowest BCUT2D eigenvalue weighted by atomic mass is 10.4. The number of pyridine rings is 1. The largest absolute Gasteiger partial charge is 0.396 e. The summed E-state index contributed by atoms with van der Waals surface area (Å²) in [6, 6.07) is 5.06. The van der Waals surface area contributed by atoms with E-state index in [4.69, 9.17) is 5.73 Å². The SMILES string of the molecule is Nc1cccnc1Nc1cc[nH]c(=O)n1. The molecule has 0 aliphatic carbocycles. The van der Waals surface area contributed by atoms with E-state index >= 15 is 0 Å². The van der Waals surface area contributed by atoms with Crippen LogP contribution in [-0.2, 0) is 0 Å². The maximum atomic E-state index is 10.9. The third-order valence-electron chi connectivity index (χ3n) is 1.76. The quantitative estimate of drug-likeness (QED) is 0.660. The molecular weight excluding hydrogens is 194 g/mol. The highest BCUT2D eigenvalue weighted by molar-refractivity contribution is 5.66. The summed E-state index contributed by atoms with van der Waals surface area (Å²) in [7, 11) is 0. The number of nitrogens with zero attached hydrogens (tertiary/aromatic N) is 2. The second-order valence-corrected chi connectivity index (χ2v) is 2.85. The Hall–Kier alpha value is -2.37. The second-order valence-electron chi connectivity index (χ2n) is 2.85. The van der Waals surface area contributed by atoms with Gasteiger partial charge in [0.15, 0.2) is 5.82 Å². The molecule has 2 heterocycles. The molecule has 0 aliphatic rings. The lowest BCUT2D eigenvalue weighted by Gasteiger charge is -2.05. The molecule has 6 nitrogen and oxygen atoms in total. The number of hydrogen-bond donors (Lipinski definition) is 3. The third kappa shape index (κ3) is 2.11. The minimum atomic E-state index is -0.422. The first-order chi connectivity index (χ1) is 7.25. The van der Waals surface area contributed by atoms with Gasteiger partial charge in [-0.25, -0.2) is 9.78 Å². The van der Waals surface area contributed by atoms with Gasteiger partial charge in [0.1, 0.15) is 5.82 Å². The molecule has 2 aromatic rings. The molecule has 2 aromatic heterocycles. The van der Waals surface area contributed by atoms with Crippen molar-refractivity contribution in [2.45, 2.75) is 0 Å². The Morgan fingerprint density at radius 1 is 1.40 bits per heavy atom. The minimum Gasteiger partial charge on any atom is -0.396 e. The molecule has 76 valence electrons. The first-order valence-electron chi connectivity index (χ1n) is 4.29. The first kappa shape index (κ1) is 9.20. The molecule has 0 radical (unpaired) electrons.